The first-order valence-corrected chi connectivity index (χ1v) is 5.79. The van der Waals surface area contributed by atoms with Crippen LogP contribution >= 0.6 is 15.9 Å². The zero-order chi connectivity index (χ0) is 11.8. The Hall–Kier alpha value is -1.53. The number of halogens is 1. The van der Waals surface area contributed by atoms with Gasteiger partial charge in [0.15, 0.2) is 18.4 Å². The largest absolute Gasteiger partial charge is 0.467 e. The molecule has 0 aliphatic carbocycles. The van der Waals surface area contributed by atoms with Crippen molar-refractivity contribution in [2.24, 2.45) is 0 Å². The summed E-state index contributed by atoms with van der Waals surface area (Å²) in [5.74, 6) is 1.76. The van der Waals surface area contributed by atoms with Gasteiger partial charge in [0.25, 0.3) is 0 Å². The van der Waals surface area contributed by atoms with Crippen LogP contribution in [-0.4, -0.2) is 11.9 Å². The van der Waals surface area contributed by atoms with Gasteiger partial charge in [0.05, 0.1) is 6.61 Å². The number of rotatable bonds is 1. The van der Waals surface area contributed by atoms with E-state index in [9.17, 15) is 0 Å². The van der Waals surface area contributed by atoms with Crippen LogP contribution in [0, 0.1) is 0 Å². The summed E-state index contributed by atoms with van der Waals surface area (Å²) >= 11 is 3.48. The number of hydrogen-bond donors (Lipinski definition) is 1. The number of hydrogen-bond acceptors (Lipinski definition) is 5. The van der Waals surface area contributed by atoms with Gasteiger partial charge in [0, 0.05) is 21.7 Å². The normalized spacial score (nSPS) is 14.2. The zero-order valence-corrected chi connectivity index (χ0v) is 10.4. The first-order valence-electron chi connectivity index (χ1n) is 4.99. The van der Waals surface area contributed by atoms with Gasteiger partial charge in [0.2, 0.25) is 0 Å². The lowest BCUT2D eigenvalue weighted by atomic mass is 10.1. The van der Waals surface area contributed by atoms with Crippen molar-refractivity contribution in [3.63, 3.8) is 0 Å². The summed E-state index contributed by atoms with van der Waals surface area (Å²) in [5.41, 5.74) is 7.39. The highest BCUT2D eigenvalue weighted by Crippen LogP contribution is 2.36. The van der Waals surface area contributed by atoms with Gasteiger partial charge in [-0.15, -0.1) is 0 Å². The molecular weight excluding hydrogens is 288 g/mol. The molecule has 0 unspecified atom stereocenters. The minimum Gasteiger partial charge on any atom is -0.467 e. The Morgan fingerprint density at radius 3 is 2.94 bits per heavy atom. The van der Waals surface area contributed by atoms with E-state index in [0.717, 1.165) is 21.3 Å². The van der Waals surface area contributed by atoms with Gasteiger partial charge in [-0.3, -0.25) is 0 Å². The number of nitrogens with zero attached hydrogens (tertiary/aromatic N) is 1. The molecule has 1 aliphatic rings. The van der Waals surface area contributed by atoms with E-state index < -0.39 is 0 Å². The van der Waals surface area contributed by atoms with E-state index in [2.05, 4.69) is 21.1 Å². The van der Waals surface area contributed by atoms with Crippen LogP contribution in [0.4, 0.5) is 5.82 Å². The van der Waals surface area contributed by atoms with Crippen molar-refractivity contribution in [2.75, 3.05) is 12.5 Å². The Labute approximate surface area is 106 Å². The summed E-state index contributed by atoms with van der Waals surface area (Å²) in [7, 11) is 0. The molecular formula is C11H9BrN2O3. The summed E-state index contributed by atoms with van der Waals surface area (Å²) in [6.07, 6.45) is 0. The Morgan fingerprint density at radius 2 is 2.18 bits per heavy atom. The molecule has 0 saturated heterocycles. The lowest BCUT2D eigenvalue weighted by Crippen LogP contribution is -2.11. The standard InChI is InChI=1S/C11H9BrN2O3/c12-8-1-6-4-15-5-16-9(6)2-7(8)10-3-11(13)14-17-10/h1-3H,4-5H2,(H2,13,14). The average Bonchev–Trinajstić information content (AvgIpc) is 2.75. The van der Waals surface area contributed by atoms with Crippen LogP contribution in [0.5, 0.6) is 5.75 Å². The molecule has 88 valence electrons. The van der Waals surface area contributed by atoms with Crippen molar-refractivity contribution in [3.05, 3.63) is 28.2 Å². The van der Waals surface area contributed by atoms with Crippen LogP contribution < -0.4 is 10.5 Å². The lowest BCUT2D eigenvalue weighted by molar-refractivity contribution is -0.0163. The van der Waals surface area contributed by atoms with Crippen LogP contribution in [0.25, 0.3) is 11.3 Å². The smallest absolute Gasteiger partial charge is 0.189 e. The number of ether oxygens (including phenoxy) is 2. The predicted molar refractivity (Wildman–Crippen MR) is 64.3 cm³/mol. The van der Waals surface area contributed by atoms with E-state index >= 15 is 0 Å². The van der Waals surface area contributed by atoms with Gasteiger partial charge in [-0.25, -0.2) is 0 Å². The molecule has 0 saturated carbocycles. The highest BCUT2D eigenvalue weighted by atomic mass is 79.9. The van der Waals surface area contributed by atoms with Gasteiger partial charge >= 0.3 is 0 Å². The average molecular weight is 297 g/mol. The first kappa shape index (κ1) is 10.6. The summed E-state index contributed by atoms with van der Waals surface area (Å²) < 4.78 is 16.6. The zero-order valence-electron chi connectivity index (χ0n) is 8.77. The predicted octanol–water partition coefficient (Wildman–Crippen LogP) is 2.55. The van der Waals surface area contributed by atoms with E-state index in [0.29, 0.717) is 18.2 Å². The number of fused-ring (bicyclic) bond motifs is 1. The van der Waals surface area contributed by atoms with Crippen LogP contribution in [0.2, 0.25) is 0 Å². The Morgan fingerprint density at radius 1 is 1.29 bits per heavy atom. The maximum atomic E-state index is 5.53. The monoisotopic (exact) mass is 296 g/mol. The van der Waals surface area contributed by atoms with Gasteiger partial charge in [-0.05, 0) is 12.1 Å². The van der Waals surface area contributed by atoms with E-state index in [1.165, 1.54) is 0 Å². The van der Waals surface area contributed by atoms with Gasteiger partial charge in [0.1, 0.15) is 5.75 Å². The summed E-state index contributed by atoms with van der Waals surface area (Å²) in [6, 6.07) is 5.51. The molecule has 1 aromatic heterocycles. The fraction of sp³-hybridized carbons (Fsp3) is 0.182. The van der Waals surface area contributed by atoms with Crippen molar-refractivity contribution in [1.82, 2.24) is 5.16 Å². The third kappa shape index (κ3) is 1.89. The number of anilines is 1. The minimum absolute atomic E-state index is 0.270. The maximum Gasteiger partial charge on any atom is 0.189 e. The Balaban J connectivity index is 2.11. The molecule has 0 fully saturated rings. The van der Waals surface area contributed by atoms with Crippen molar-refractivity contribution in [2.45, 2.75) is 6.61 Å². The maximum absolute atomic E-state index is 5.53. The van der Waals surface area contributed by atoms with Crippen molar-refractivity contribution < 1.29 is 14.0 Å². The molecule has 17 heavy (non-hydrogen) atoms. The summed E-state index contributed by atoms with van der Waals surface area (Å²) in [4.78, 5) is 0. The molecule has 1 aliphatic heterocycles. The van der Waals surface area contributed by atoms with E-state index in [-0.39, 0.29) is 6.79 Å². The summed E-state index contributed by atoms with van der Waals surface area (Å²) in [5, 5.41) is 3.66. The molecule has 0 radical (unpaired) electrons. The number of benzene rings is 1. The number of nitrogens with two attached hydrogens (primary N) is 1. The molecule has 3 rings (SSSR count). The van der Waals surface area contributed by atoms with Gasteiger partial charge < -0.3 is 19.7 Å². The van der Waals surface area contributed by atoms with Gasteiger partial charge in [-0.1, -0.05) is 21.1 Å². The second kappa shape index (κ2) is 4.05. The van der Waals surface area contributed by atoms with Crippen LogP contribution in [0.15, 0.2) is 27.2 Å². The molecule has 2 aromatic rings. The Kier molecular flexibility index (Phi) is 2.53. The molecule has 1 aromatic carbocycles. The van der Waals surface area contributed by atoms with Crippen molar-refractivity contribution >= 4 is 21.7 Å². The number of aromatic nitrogens is 1. The molecule has 0 atom stereocenters. The molecule has 0 spiro atoms. The third-order valence-electron chi connectivity index (χ3n) is 2.50. The highest BCUT2D eigenvalue weighted by Gasteiger charge is 2.17. The third-order valence-corrected chi connectivity index (χ3v) is 3.16. The second-order valence-electron chi connectivity index (χ2n) is 3.67. The van der Waals surface area contributed by atoms with Gasteiger partial charge in [-0.2, -0.15) is 0 Å². The highest BCUT2D eigenvalue weighted by molar-refractivity contribution is 9.10. The fourth-order valence-electron chi connectivity index (χ4n) is 1.70. The number of nitrogen functional groups attached to an aromatic ring is 1. The minimum atomic E-state index is 0.270. The first-order chi connectivity index (χ1) is 8.24. The van der Waals surface area contributed by atoms with E-state index in [1.54, 1.807) is 6.07 Å². The quantitative estimate of drug-likeness (QED) is 0.876. The SMILES string of the molecule is Nc1cc(-c2cc3c(cc2Br)COCO3)on1. The lowest BCUT2D eigenvalue weighted by Gasteiger charge is -2.18. The van der Waals surface area contributed by atoms with E-state index in [1.807, 2.05) is 12.1 Å². The molecule has 2 N–H and O–H groups in total. The molecule has 0 bridgehead atoms. The Bertz CT molecular complexity index is 568. The topological polar surface area (TPSA) is 70.5 Å². The molecule has 5 nitrogen and oxygen atoms in total. The van der Waals surface area contributed by atoms with Crippen molar-refractivity contribution in [1.29, 1.82) is 0 Å². The molecule has 0 amide bonds. The van der Waals surface area contributed by atoms with Crippen LogP contribution in [0.3, 0.4) is 0 Å². The fourth-order valence-corrected chi connectivity index (χ4v) is 2.29. The summed E-state index contributed by atoms with van der Waals surface area (Å²) in [6.45, 7) is 0.819. The van der Waals surface area contributed by atoms with E-state index in [4.69, 9.17) is 19.7 Å². The molecule has 6 heteroatoms. The van der Waals surface area contributed by atoms with Crippen molar-refractivity contribution in [3.8, 4) is 17.1 Å². The second-order valence-corrected chi connectivity index (χ2v) is 4.52. The van der Waals surface area contributed by atoms with Crippen LogP contribution in [0.1, 0.15) is 5.56 Å². The molecule has 2 heterocycles. The van der Waals surface area contributed by atoms with Crippen LogP contribution in [-0.2, 0) is 11.3 Å².